The quantitative estimate of drug-likeness (QED) is 0.486. The highest BCUT2D eigenvalue weighted by Crippen LogP contribution is 2.27. The predicted molar refractivity (Wildman–Crippen MR) is 101 cm³/mol. The third kappa shape index (κ3) is 5.05. The Hall–Kier alpha value is -2.87. The van der Waals surface area contributed by atoms with Crippen molar-refractivity contribution in [2.24, 2.45) is 11.5 Å². The maximum Gasteiger partial charge on any atom is 0.209 e. The van der Waals surface area contributed by atoms with Gasteiger partial charge in [-0.2, -0.15) is 0 Å². The van der Waals surface area contributed by atoms with Crippen LogP contribution < -0.4 is 11.5 Å². The molecule has 1 aromatic carbocycles. The van der Waals surface area contributed by atoms with Crippen LogP contribution in [0, 0.1) is 11.8 Å². The second-order valence-electron chi connectivity index (χ2n) is 6.28. The van der Waals surface area contributed by atoms with Gasteiger partial charge in [0.25, 0.3) is 0 Å². The van der Waals surface area contributed by atoms with Crippen molar-refractivity contribution in [3.05, 3.63) is 59.6 Å². The Morgan fingerprint density at radius 1 is 1.12 bits per heavy atom. The number of carbonyl (C=O) groups excluding carboxylic acids is 1. The number of hydrogen-bond donors (Lipinski definition) is 2. The summed E-state index contributed by atoms with van der Waals surface area (Å²) in [5, 5.41) is 0. The smallest absolute Gasteiger partial charge is 0.209 e. The van der Waals surface area contributed by atoms with Gasteiger partial charge in [0, 0.05) is 19.7 Å². The molecule has 0 saturated heterocycles. The zero-order valence-electron chi connectivity index (χ0n) is 14.9. The van der Waals surface area contributed by atoms with Gasteiger partial charge in [-0.15, -0.1) is 0 Å². The van der Waals surface area contributed by atoms with Gasteiger partial charge in [0.1, 0.15) is 0 Å². The molecule has 2 unspecified atom stereocenters. The maximum absolute atomic E-state index is 11.1. The Kier molecular flexibility index (Phi) is 6.53. The number of rotatable bonds is 5. The molecule has 1 aliphatic rings. The second-order valence-corrected chi connectivity index (χ2v) is 6.28. The minimum atomic E-state index is 0.189. The standard InChI is InChI=1S/C20H26N4O/c1-23(15-25)18-9-6-10-19(18)24(2)20(22)14-13-17(21)12-11-16-7-4-3-5-8-16/h3-5,7-8,13-15,18-19H,6,9-10,21-22H2,1-2H3/b17-13-,20-14+. The molecule has 4 N–H and O–H groups in total. The highest BCUT2D eigenvalue weighted by Gasteiger charge is 2.33. The SMILES string of the molecule is CN(C=O)C1CCCC1N(C)/C(N)=C/C=C(\N)C#Cc1ccccc1. The van der Waals surface area contributed by atoms with E-state index in [2.05, 4.69) is 11.8 Å². The van der Waals surface area contributed by atoms with Crippen molar-refractivity contribution < 1.29 is 4.79 Å². The third-order valence-electron chi connectivity index (χ3n) is 4.60. The van der Waals surface area contributed by atoms with E-state index in [4.69, 9.17) is 11.5 Å². The van der Waals surface area contributed by atoms with E-state index >= 15 is 0 Å². The van der Waals surface area contributed by atoms with Crippen molar-refractivity contribution >= 4 is 6.41 Å². The van der Waals surface area contributed by atoms with E-state index in [9.17, 15) is 4.79 Å². The average molecular weight is 338 g/mol. The topological polar surface area (TPSA) is 75.6 Å². The molecule has 1 amide bonds. The predicted octanol–water partition coefficient (Wildman–Crippen LogP) is 1.62. The normalized spacial score (nSPS) is 20.6. The molecule has 132 valence electrons. The zero-order chi connectivity index (χ0) is 18.2. The summed E-state index contributed by atoms with van der Waals surface area (Å²) in [6, 6.07) is 10.1. The molecule has 0 radical (unpaired) electrons. The molecule has 1 aromatic rings. The van der Waals surface area contributed by atoms with Gasteiger partial charge < -0.3 is 21.3 Å². The number of likely N-dealkylation sites (N-methyl/N-ethyl adjacent to an activating group) is 2. The molecular weight excluding hydrogens is 312 g/mol. The van der Waals surface area contributed by atoms with Crippen molar-refractivity contribution in [3.8, 4) is 11.8 Å². The van der Waals surface area contributed by atoms with Crippen LogP contribution in [0.2, 0.25) is 0 Å². The second kappa shape index (κ2) is 8.84. The summed E-state index contributed by atoms with van der Waals surface area (Å²) >= 11 is 0. The Morgan fingerprint density at radius 3 is 2.48 bits per heavy atom. The summed E-state index contributed by atoms with van der Waals surface area (Å²) in [7, 11) is 3.77. The Labute approximate surface area is 150 Å². The fourth-order valence-electron chi connectivity index (χ4n) is 3.12. The van der Waals surface area contributed by atoms with Gasteiger partial charge in [-0.1, -0.05) is 24.1 Å². The molecule has 5 heteroatoms. The van der Waals surface area contributed by atoms with E-state index in [1.165, 1.54) is 0 Å². The van der Waals surface area contributed by atoms with Crippen LogP contribution in [0.1, 0.15) is 24.8 Å². The fourth-order valence-corrected chi connectivity index (χ4v) is 3.12. The number of benzene rings is 1. The van der Waals surface area contributed by atoms with Gasteiger partial charge in [0.2, 0.25) is 6.41 Å². The van der Waals surface area contributed by atoms with Crippen LogP contribution in [-0.2, 0) is 4.79 Å². The number of amides is 1. The molecule has 1 aliphatic carbocycles. The van der Waals surface area contributed by atoms with E-state index in [1.54, 1.807) is 17.1 Å². The van der Waals surface area contributed by atoms with E-state index in [0.717, 1.165) is 31.2 Å². The lowest BCUT2D eigenvalue weighted by molar-refractivity contribution is -0.119. The molecule has 0 spiro atoms. The van der Waals surface area contributed by atoms with Gasteiger partial charge in [-0.25, -0.2) is 0 Å². The molecule has 0 heterocycles. The lowest BCUT2D eigenvalue weighted by Gasteiger charge is -2.34. The fraction of sp³-hybridized carbons (Fsp3) is 0.350. The van der Waals surface area contributed by atoms with Crippen LogP contribution in [0.4, 0.5) is 0 Å². The molecule has 5 nitrogen and oxygen atoms in total. The first-order valence-corrected chi connectivity index (χ1v) is 8.43. The summed E-state index contributed by atoms with van der Waals surface area (Å²) in [5.41, 5.74) is 13.5. The number of nitrogens with two attached hydrogens (primary N) is 2. The highest BCUT2D eigenvalue weighted by atomic mass is 16.1. The van der Waals surface area contributed by atoms with Crippen molar-refractivity contribution in [2.75, 3.05) is 14.1 Å². The summed E-state index contributed by atoms with van der Waals surface area (Å²) in [6.07, 6.45) is 7.47. The maximum atomic E-state index is 11.1. The van der Waals surface area contributed by atoms with Gasteiger partial charge >= 0.3 is 0 Å². The van der Waals surface area contributed by atoms with Crippen LogP contribution in [-0.4, -0.2) is 42.4 Å². The minimum Gasteiger partial charge on any atom is -0.392 e. The summed E-state index contributed by atoms with van der Waals surface area (Å²) in [4.78, 5) is 14.8. The summed E-state index contributed by atoms with van der Waals surface area (Å²) in [5.74, 6) is 6.54. The molecule has 2 atom stereocenters. The molecule has 25 heavy (non-hydrogen) atoms. The summed E-state index contributed by atoms with van der Waals surface area (Å²) < 4.78 is 0. The Bertz CT molecular complexity index is 699. The van der Waals surface area contributed by atoms with E-state index < -0.39 is 0 Å². The van der Waals surface area contributed by atoms with Crippen molar-refractivity contribution in [1.82, 2.24) is 9.80 Å². The largest absolute Gasteiger partial charge is 0.392 e. The molecule has 0 aliphatic heterocycles. The van der Waals surface area contributed by atoms with E-state index in [0.29, 0.717) is 11.5 Å². The van der Waals surface area contributed by atoms with Gasteiger partial charge in [0.15, 0.2) is 0 Å². The van der Waals surface area contributed by atoms with E-state index in [-0.39, 0.29) is 12.1 Å². The minimum absolute atomic E-state index is 0.189. The monoisotopic (exact) mass is 338 g/mol. The number of carbonyl (C=O) groups is 1. The number of allylic oxidation sites excluding steroid dienone is 3. The van der Waals surface area contributed by atoms with E-state index in [1.807, 2.05) is 49.3 Å². The van der Waals surface area contributed by atoms with Crippen LogP contribution in [0.3, 0.4) is 0 Å². The number of nitrogens with zero attached hydrogens (tertiary/aromatic N) is 2. The van der Waals surface area contributed by atoms with Crippen molar-refractivity contribution in [1.29, 1.82) is 0 Å². The number of hydrogen-bond acceptors (Lipinski definition) is 4. The molecule has 0 bridgehead atoms. The molecular formula is C20H26N4O. The lowest BCUT2D eigenvalue weighted by Crippen LogP contribution is -2.46. The highest BCUT2D eigenvalue weighted by molar-refractivity contribution is 5.47. The average Bonchev–Trinajstić information content (AvgIpc) is 3.13. The van der Waals surface area contributed by atoms with Crippen molar-refractivity contribution in [3.63, 3.8) is 0 Å². The first kappa shape index (κ1) is 18.5. The first-order valence-electron chi connectivity index (χ1n) is 8.43. The molecule has 1 saturated carbocycles. The first-order chi connectivity index (χ1) is 12.0. The van der Waals surface area contributed by atoms with Gasteiger partial charge in [0.05, 0.1) is 23.6 Å². The molecule has 1 fully saturated rings. The van der Waals surface area contributed by atoms with Crippen LogP contribution in [0.15, 0.2) is 54.0 Å². The zero-order valence-corrected chi connectivity index (χ0v) is 14.9. The summed E-state index contributed by atoms with van der Waals surface area (Å²) in [6.45, 7) is 0. The lowest BCUT2D eigenvalue weighted by atomic mass is 10.1. The van der Waals surface area contributed by atoms with Crippen LogP contribution in [0.25, 0.3) is 0 Å². The Balaban J connectivity index is 2.04. The van der Waals surface area contributed by atoms with Gasteiger partial charge in [-0.05, 0) is 49.5 Å². The van der Waals surface area contributed by atoms with Crippen LogP contribution >= 0.6 is 0 Å². The molecule has 0 aromatic heterocycles. The third-order valence-corrected chi connectivity index (χ3v) is 4.60. The van der Waals surface area contributed by atoms with Crippen molar-refractivity contribution in [2.45, 2.75) is 31.3 Å². The Morgan fingerprint density at radius 2 is 1.80 bits per heavy atom. The molecule has 2 rings (SSSR count). The van der Waals surface area contributed by atoms with Crippen LogP contribution in [0.5, 0.6) is 0 Å². The van der Waals surface area contributed by atoms with Gasteiger partial charge in [-0.3, -0.25) is 4.79 Å².